The average molecular weight is 287 g/mol. The first-order valence-electron chi connectivity index (χ1n) is 6.77. The molecule has 0 saturated carbocycles. The van der Waals surface area contributed by atoms with E-state index in [4.69, 9.17) is 21.4 Å². The Balaban J connectivity index is 2.63. The molecule has 19 heavy (non-hydrogen) atoms. The minimum atomic E-state index is 0.115. The van der Waals surface area contributed by atoms with E-state index in [-0.39, 0.29) is 12.7 Å². The van der Waals surface area contributed by atoms with E-state index in [0.717, 1.165) is 24.0 Å². The van der Waals surface area contributed by atoms with Gasteiger partial charge in [-0.2, -0.15) is 0 Å². The number of phenolic OH excluding ortho intramolecular Hbond substituents is 1. The zero-order chi connectivity index (χ0) is 14.3. The van der Waals surface area contributed by atoms with Gasteiger partial charge in [-0.25, -0.2) is 0 Å². The molecule has 0 aliphatic carbocycles. The van der Waals surface area contributed by atoms with E-state index < -0.39 is 0 Å². The summed E-state index contributed by atoms with van der Waals surface area (Å²) in [6, 6.07) is 3.56. The van der Waals surface area contributed by atoms with Crippen LogP contribution in [0, 0.1) is 0 Å². The van der Waals surface area contributed by atoms with Crippen LogP contribution in [0.25, 0.3) is 0 Å². The van der Waals surface area contributed by atoms with Crippen LogP contribution >= 0.6 is 11.6 Å². The van der Waals surface area contributed by atoms with Crippen LogP contribution in [0.3, 0.4) is 0 Å². The third-order valence-corrected chi connectivity index (χ3v) is 3.10. The monoisotopic (exact) mass is 286 g/mol. The van der Waals surface area contributed by atoms with Crippen LogP contribution in [0.1, 0.15) is 37.8 Å². The molecule has 0 aromatic heterocycles. The zero-order valence-electron chi connectivity index (χ0n) is 11.7. The molecule has 0 fully saturated rings. The number of phenols is 1. The molecule has 0 saturated heterocycles. The number of aliphatic hydroxyl groups excluding tert-OH is 1. The van der Waals surface area contributed by atoms with Crippen molar-refractivity contribution < 1.29 is 14.9 Å². The van der Waals surface area contributed by atoms with Crippen LogP contribution in [0.5, 0.6) is 5.75 Å². The molecular weight excluding hydrogens is 264 g/mol. The summed E-state index contributed by atoms with van der Waals surface area (Å²) < 4.78 is 5.48. The molecule has 0 spiro atoms. The van der Waals surface area contributed by atoms with Gasteiger partial charge in [0.2, 0.25) is 0 Å². The van der Waals surface area contributed by atoms with Crippen LogP contribution in [-0.4, -0.2) is 29.5 Å². The maximum Gasteiger partial charge on any atom is 0.122 e. The van der Waals surface area contributed by atoms with Gasteiger partial charge in [0.15, 0.2) is 0 Å². The van der Waals surface area contributed by atoms with Crippen LogP contribution in [-0.2, 0) is 17.6 Å². The first kappa shape index (κ1) is 16.3. The second-order valence-electron chi connectivity index (χ2n) is 4.92. The maximum atomic E-state index is 10.2. The number of ether oxygens (including phenoxy) is 1. The van der Waals surface area contributed by atoms with Gasteiger partial charge in [-0.1, -0.05) is 11.6 Å². The van der Waals surface area contributed by atoms with Crippen molar-refractivity contribution in [3.05, 3.63) is 28.3 Å². The second-order valence-corrected chi connectivity index (χ2v) is 5.36. The first-order valence-corrected chi connectivity index (χ1v) is 7.15. The van der Waals surface area contributed by atoms with Crippen molar-refractivity contribution in [3.8, 4) is 5.75 Å². The van der Waals surface area contributed by atoms with Gasteiger partial charge in [0, 0.05) is 18.2 Å². The zero-order valence-corrected chi connectivity index (χ0v) is 12.4. The molecule has 0 atom stereocenters. The SMILES string of the molecule is CC(C)OCCCc1cc(Cl)cc(CCCO)c1O. The van der Waals surface area contributed by atoms with E-state index in [1.807, 2.05) is 13.8 Å². The lowest BCUT2D eigenvalue weighted by Crippen LogP contribution is -2.05. The van der Waals surface area contributed by atoms with E-state index in [9.17, 15) is 5.11 Å². The molecule has 1 aromatic carbocycles. The summed E-state index contributed by atoms with van der Waals surface area (Å²) in [4.78, 5) is 0. The standard InChI is InChI=1S/C15H23ClO3/c1-11(2)19-8-4-6-13-10-14(16)9-12(15(13)18)5-3-7-17/h9-11,17-18H,3-8H2,1-2H3. The third kappa shape index (κ3) is 5.81. The molecule has 0 amide bonds. The molecule has 2 N–H and O–H groups in total. The Morgan fingerprint density at radius 2 is 1.74 bits per heavy atom. The number of aliphatic hydroxyl groups is 1. The van der Waals surface area contributed by atoms with Crippen LogP contribution in [0.4, 0.5) is 0 Å². The highest BCUT2D eigenvalue weighted by Gasteiger charge is 2.09. The quantitative estimate of drug-likeness (QED) is 0.721. The van der Waals surface area contributed by atoms with E-state index >= 15 is 0 Å². The van der Waals surface area contributed by atoms with Gasteiger partial charge in [-0.3, -0.25) is 0 Å². The van der Waals surface area contributed by atoms with Gasteiger partial charge < -0.3 is 14.9 Å². The lowest BCUT2D eigenvalue weighted by Gasteiger charge is -2.12. The fourth-order valence-corrected chi connectivity index (χ4v) is 2.21. The second kappa shape index (κ2) is 8.41. The lowest BCUT2D eigenvalue weighted by atomic mass is 10.0. The normalized spacial score (nSPS) is 11.2. The fourth-order valence-electron chi connectivity index (χ4n) is 1.95. The Labute approximate surface area is 120 Å². The van der Waals surface area contributed by atoms with Crippen molar-refractivity contribution in [3.63, 3.8) is 0 Å². The van der Waals surface area contributed by atoms with Gasteiger partial charge in [-0.05, 0) is 62.8 Å². The van der Waals surface area contributed by atoms with Crippen molar-refractivity contribution in [2.24, 2.45) is 0 Å². The van der Waals surface area contributed by atoms with Crippen molar-refractivity contribution >= 4 is 11.6 Å². The number of halogens is 1. The Kier molecular flexibility index (Phi) is 7.21. The molecule has 1 aromatic rings. The lowest BCUT2D eigenvalue weighted by molar-refractivity contribution is 0.0771. The van der Waals surface area contributed by atoms with E-state index in [0.29, 0.717) is 30.2 Å². The summed E-state index contributed by atoms with van der Waals surface area (Å²) >= 11 is 6.06. The predicted octanol–water partition coefficient (Wildman–Crippen LogP) is 3.33. The number of hydrogen-bond acceptors (Lipinski definition) is 3. The van der Waals surface area contributed by atoms with E-state index in [2.05, 4.69) is 0 Å². The molecule has 1 rings (SSSR count). The Hall–Kier alpha value is -0.770. The molecular formula is C15H23ClO3. The smallest absolute Gasteiger partial charge is 0.122 e. The Bertz CT molecular complexity index is 391. The Morgan fingerprint density at radius 1 is 1.16 bits per heavy atom. The van der Waals surface area contributed by atoms with Gasteiger partial charge in [-0.15, -0.1) is 0 Å². The van der Waals surface area contributed by atoms with Crippen molar-refractivity contribution in [2.75, 3.05) is 13.2 Å². The first-order chi connectivity index (χ1) is 9.04. The summed E-state index contributed by atoms with van der Waals surface area (Å²) in [5.41, 5.74) is 1.66. The van der Waals surface area contributed by atoms with Crippen molar-refractivity contribution in [1.82, 2.24) is 0 Å². The van der Waals surface area contributed by atoms with Crippen molar-refractivity contribution in [2.45, 2.75) is 45.6 Å². The number of aromatic hydroxyl groups is 1. The minimum absolute atomic E-state index is 0.115. The topological polar surface area (TPSA) is 49.7 Å². The van der Waals surface area contributed by atoms with Crippen LogP contribution in [0.2, 0.25) is 5.02 Å². The van der Waals surface area contributed by atoms with E-state index in [1.54, 1.807) is 12.1 Å². The maximum absolute atomic E-state index is 10.2. The van der Waals surface area contributed by atoms with Crippen LogP contribution in [0.15, 0.2) is 12.1 Å². The highest BCUT2D eigenvalue weighted by molar-refractivity contribution is 6.30. The minimum Gasteiger partial charge on any atom is -0.507 e. The number of aryl methyl sites for hydroxylation is 2. The number of rotatable bonds is 8. The summed E-state index contributed by atoms with van der Waals surface area (Å²) in [6.07, 6.45) is 3.09. The molecule has 0 bridgehead atoms. The summed E-state index contributed by atoms with van der Waals surface area (Å²) in [7, 11) is 0. The largest absolute Gasteiger partial charge is 0.507 e. The number of benzene rings is 1. The fraction of sp³-hybridized carbons (Fsp3) is 0.600. The van der Waals surface area contributed by atoms with Gasteiger partial charge in [0.05, 0.1) is 6.10 Å². The predicted molar refractivity (Wildman–Crippen MR) is 77.9 cm³/mol. The Morgan fingerprint density at radius 3 is 2.26 bits per heavy atom. The average Bonchev–Trinajstić information content (AvgIpc) is 2.36. The molecule has 0 radical (unpaired) electrons. The molecule has 3 nitrogen and oxygen atoms in total. The molecule has 0 aliphatic heterocycles. The highest BCUT2D eigenvalue weighted by Crippen LogP contribution is 2.29. The van der Waals surface area contributed by atoms with E-state index in [1.165, 1.54) is 0 Å². The highest BCUT2D eigenvalue weighted by atomic mass is 35.5. The summed E-state index contributed by atoms with van der Waals surface area (Å²) in [5, 5.41) is 19.6. The summed E-state index contributed by atoms with van der Waals surface area (Å²) in [5.74, 6) is 0.308. The van der Waals surface area contributed by atoms with Crippen molar-refractivity contribution in [1.29, 1.82) is 0 Å². The van der Waals surface area contributed by atoms with Gasteiger partial charge >= 0.3 is 0 Å². The third-order valence-electron chi connectivity index (χ3n) is 2.88. The molecule has 0 unspecified atom stereocenters. The summed E-state index contributed by atoms with van der Waals surface area (Å²) in [6.45, 7) is 4.80. The molecule has 0 heterocycles. The van der Waals surface area contributed by atoms with Gasteiger partial charge in [0.1, 0.15) is 5.75 Å². The molecule has 4 heteroatoms. The van der Waals surface area contributed by atoms with Crippen LogP contribution < -0.4 is 0 Å². The van der Waals surface area contributed by atoms with Gasteiger partial charge in [0.25, 0.3) is 0 Å². The molecule has 0 aliphatic rings. The number of hydrogen-bond donors (Lipinski definition) is 2. The molecule has 108 valence electrons.